The van der Waals surface area contributed by atoms with Gasteiger partial charge in [-0.05, 0) is 37.5 Å². The SMILES string of the molecule is C[C@@]1([C@@H](OC(=O)c2ccccc2)c2ccccc2)CCCCC1=O. The summed E-state index contributed by atoms with van der Waals surface area (Å²) in [5.41, 5.74) is 0.717. The first kappa shape index (κ1) is 16.4. The molecule has 2 atom stereocenters. The van der Waals surface area contributed by atoms with Crippen molar-refractivity contribution in [1.82, 2.24) is 0 Å². The van der Waals surface area contributed by atoms with Crippen LogP contribution in [0.4, 0.5) is 0 Å². The van der Waals surface area contributed by atoms with E-state index in [1.807, 2.05) is 55.5 Å². The van der Waals surface area contributed by atoms with Gasteiger partial charge in [-0.2, -0.15) is 0 Å². The second kappa shape index (κ2) is 7.00. The Morgan fingerprint density at radius 2 is 1.62 bits per heavy atom. The van der Waals surface area contributed by atoms with Crippen LogP contribution in [0.1, 0.15) is 54.6 Å². The van der Waals surface area contributed by atoms with Gasteiger partial charge in [0.1, 0.15) is 11.9 Å². The highest BCUT2D eigenvalue weighted by molar-refractivity contribution is 5.91. The molecule has 0 saturated heterocycles. The van der Waals surface area contributed by atoms with Gasteiger partial charge in [0.15, 0.2) is 0 Å². The molecular weight excluding hydrogens is 300 g/mol. The van der Waals surface area contributed by atoms with Crippen molar-refractivity contribution in [2.45, 2.75) is 38.7 Å². The Morgan fingerprint density at radius 3 is 2.25 bits per heavy atom. The molecule has 0 aromatic heterocycles. The third-order valence-electron chi connectivity index (χ3n) is 4.90. The van der Waals surface area contributed by atoms with E-state index in [0.717, 1.165) is 24.8 Å². The summed E-state index contributed by atoms with van der Waals surface area (Å²) in [6.45, 7) is 1.93. The summed E-state index contributed by atoms with van der Waals surface area (Å²) in [5.74, 6) is -0.201. The highest BCUT2D eigenvalue weighted by Gasteiger charge is 2.45. The zero-order valence-corrected chi connectivity index (χ0v) is 13.9. The minimum Gasteiger partial charge on any atom is -0.453 e. The van der Waals surface area contributed by atoms with Gasteiger partial charge in [-0.3, -0.25) is 4.79 Å². The van der Waals surface area contributed by atoms with Gasteiger partial charge in [-0.1, -0.05) is 55.0 Å². The van der Waals surface area contributed by atoms with Gasteiger partial charge in [-0.15, -0.1) is 0 Å². The fraction of sp³-hybridized carbons (Fsp3) is 0.333. The predicted molar refractivity (Wildman–Crippen MR) is 92.6 cm³/mol. The van der Waals surface area contributed by atoms with E-state index >= 15 is 0 Å². The van der Waals surface area contributed by atoms with Gasteiger partial charge in [0.05, 0.1) is 11.0 Å². The highest BCUT2D eigenvalue weighted by Crippen LogP contribution is 2.45. The zero-order chi connectivity index (χ0) is 17.0. The summed E-state index contributed by atoms with van der Waals surface area (Å²) in [6.07, 6.45) is 2.65. The van der Waals surface area contributed by atoms with Crippen LogP contribution in [-0.2, 0) is 9.53 Å². The monoisotopic (exact) mass is 322 g/mol. The van der Waals surface area contributed by atoms with Crippen molar-refractivity contribution in [2.75, 3.05) is 0 Å². The molecule has 3 rings (SSSR count). The molecule has 3 nitrogen and oxygen atoms in total. The molecule has 2 aromatic rings. The molecule has 1 fully saturated rings. The van der Waals surface area contributed by atoms with E-state index in [0.29, 0.717) is 12.0 Å². The first-order valence-corrected chi connectivity index (χ1v) is 8.45. The summed E-state index contributed by atoms with van der Waals surface area (Å²) in [6, 6.07) is 18.5. The lowest BCUT2D eigenvalue weighted by Crippen LogP contribution is -2.39. The lowest BCUT2D eigenvalue weighted by Gasteiger charge is -2.38. The van der Waals surface area contributed by atoms with Gasteiger partial charge in [0.25, 0.3) is 0 Å². The molecule has 0 spiro atoms. The summed E-state index contributed by atoms with van der Waals surface area (Å²) >= 11 is 0. The molecule has 0 heterocycles. The molecule has 1 aliphatic rings. The third kappa shape index (κ3) is 3.25. The molecule has 0 unspecified atom stereocenters. The molecule has 1 aliphatic carbocycles. The number of hydrogen-bond donors (Lipinski definition) is 0. The molecule has 124 valence electrons. The Morgan fingerprint density at radius 1 is 1.00 bits per heavy atom. The van der Waals surface area contributed by atoms with Crippen molar-refractivity contribution in [2.24, 2.45) is 5.41 Å². The number of carbonyl (C=O) groups excluding carboxylic acids is 2. The summed E-state index contributed by atoms with van der Waals surface area (Å²) in [4.78, 5) is 25.2. The molecule has 24 heavy (non-hydrogen) atoms. The number of hydrogen-bond acceptors (Lipinski definition) is 3. The lowest BCUT2D eigenvalue weighted by molar-refractivity contribution is -0.138. The van der Waals surface area contributed by atoms with Crippen molar-refractivity contribution in [3.63, 3.8) is 0 Å². The Kier molecular flexibility index (Phi) is 4.79. The van der Waals surface area contributed by atoms with Crippen LogP contribution in [0.2, 0.25) is 0 Å². The summed E-state index contributed by atoms with van der Waals surface area (Å²) < 4.78 is 5.88. The maximum absolute atomic E-state index is 12.7. The molecule has 0 aliphatic heterocycles. The van der Waals surface area contributed by atoms with Crippen LogP contribution < -0.4 is 0 Å². The molecule has 0 N–H and O–H groups in total. The molecule has 1 saturated carbocycles. The number of ether oxygens (including phenoxy) is 1. The van der Waals surface area contributed by atoms with Crippen molar-refractivity contribution < 1.29 is 14.3 Å². The zero-order valence-electron chi connectivity index (χ0n) is 13.9. The number of Topliss-reactive ketones (excluding diaryl/α,β-unsaturated/α-hetero) is 1. The average molecular weight is 322 g/mol. The van der Waals surface area contributed by atoms with E-state index < -0.39 is 11.5 Å². The first-order valence-electron chi connectivity index (χ1n) is 8.45. The lowest BCUT2D eigenvalue weighted by atomic mass is 9.69. The van der Waals surface area contributed by atoms with E-state index in [4.69, 9.17) is 4.74 Å². The van der Waals surface area contributed by atoms with E-state index in [1.54, 1.807) is 12.1 Å². The fourth-order valence-corrected chi connectivity index (χ4v) is 3.42. The Labute approximate surface area is 142 Å². The van der Waals surface area contributed by atoms with Crippen LogP contribution in [-0.4, -0.2) is 11.8 Å². The van der Waals surface area contributed by atoms with Gasteiger partial charge in [0.2, 0.25) is 0 Å². The highest BCUT2D eigenvalue weighted by atomic mass is 16.5. The maximum Gasteiger partial charge on any atom is 0.338 e. The van der Waals surface area contributed by atoms with E-state index in [1.165, 1.54) is 0 Å². The Bertz CT molecular complexity index is 708. The van der Waals surface area contributed by atoms with Crippen molar-refractivity contribution in [3.05, 3.63) is 71.8 Å². The standard InChI is InChI=1S/C21H22O3/c1-21(15-9-8-14-18(21)22)19(16-10-4-2-5-11-16)24-20(23)17-12-6-3-7-13-17/h2-7,10-13,19H,8-9,14-15H2,1H3/t19-,21+/m0/s1. The van der Waals surface area contributed by atoms with E-state index in [-0.39, 0.29) is 11.8 Å². The van der Waals surface area contributed by atoms with E-state index in [9.17, 15) is 9.59 Å². The van der Waals surface area contributed by atoms with Crippen LogP contribution in [0.25, 0.3) is 0 Å². The van der Waals surface area contributed by atoms with Crippen molar-refractivity contribution in [1.29, 1.82) is 0 Å². The maximum atomic E-state index is 12.7. The molecule has 0 amide bonds. The summed E-state index contributed by atoms with van der Waals surface area (Å²) in [7, 11) is 0. The molecule has 0 bridgehead atoms. The van der Waals surface area contributed by atoms with Crippen LogP contribution in [0.15, 0.2) is 60.7 Å². The quantitative estimate of drug-likeness (QED) is 0.764. The number of ketones is 1. The largest absolute Gasteiger partial charge is 0.453 e. The van der Waals surface area contributed by atoms with Crippen molar-refractivity contribution >= 4 is 11.8 Å². The number of benzene rings is 2. The van der Waals surface area contributed by atoms with Crippen molar-refractivity contribution in [3.8, 4) is 0 Å². The second-order valence-electron chi connectivity index (χ2n) is 6.61. The molecule has 0 radical (unpaired) electrons. The Balaban J connectivity index is 1.94. The van der Waals surface area contributed by atoms with Crippen LogP contribution in [0.3, 0.4) is 0 Å². The topological polar surface area (TPSA) is 43.4 Å². The second-order valence-corrected chi connectivity index (χ2v) is 6.61. The summed E-state index contributed by atoms with van der Waals surface area (Å²) in [5, 5.41) is 0. The molecule has 2 aromatic carbocycles. The number of esters is 1. The van der Waals surface area contributed by atoms with Gasteiger partial charge in [-0.25, -0.2) is 4.79 Å². The van der Waals surface area contributed by atoms with Gasteiger partial charge >= 0.3 is 5.97 Å². The average Bonchev–Trinajstić information content (AvgIpc) is 2.63. The normalized spacial score (nSPS) is 22.0. The fourth-order valence-electron chi connectivity index (χ4n) is 3.42. The van der Waals surface area contributed by atoms with Crippen LogP contribution >= 0.6 is 0 Å². The van der Waals surface area contributed by atoms with Crippen LogP contribution in [0.5, 0.6) is 0 Å². The van der Waals surface area contributed by atoms with Gasteiger partial charge < -0.3 is 4.74 Å². The first-order chi connectivity index (χ1) is 11.6. The minimum atomic E-state index is -0.663. The minimum absolute atomic E-state index is 0.184. The van der Waals surface area contributed by atoms with Crippen LogP contribution in [0, 0.1) is 5.41 Å². The Hall–Kier alpha value is -2.42. The van der Waals surface area contributed by atoms with E-state index in [2.05, 4.69) is 0 Å². The molecular formula is C21H22O3. The third-order valence-corrected chi connectivity index (χ3v) is 4.90. The predicted octanol–water partition coefficient (Wildman–Crippen LogP) is 4.73. The number of rotatable bonds is 4. The van der Waals surface area contributed by atoms with Gasteiger partial charge in [0, 0.05) is 6.42 Å². The number of carbonyl (C=O) groups is 2. The smallest absolute Gasteiger partial charge is 0.338 e. The molecule has 3 heteroatoms.